The van der Waals surface area contributed by atoms with Gasteiger partial charge in [0.05, 0.1) is 29.3 Å². The van der Waals surface area contributed by atoms with Crippen LogP contribution in [0, 0.1) is 5.92 Å². The number of aromatic carboxylic acids is 1. The van der Waals surface area contributed by atoms with Crippen molar-refractivity contribution in [3.05, 3.63) is 59.3 Å². The smallest absolute Gasteiger partial charge is 0.335 e. The molecule has 0 radical (unpaired) electrons. The molecule has 2 saturated carbocycles. The number of hydrogen-bond acceptors (Lipinski definition) is 4. The molecule has 0 unspecified atom stereocenters. The number of pyridine rings is 1. The van der Waals surface area contributed by atoms with Crippen LogP contribution >= 0.6 is 0 Å². The predicted molar refractivity (Wildman–Crippen MR) is 126 cm³/mol. The van der Waals surface area contributed by atoms with Crippen LogP contribution in [0.3, 0.4) is 0 Å². The summed E-state index contributed by atoms with van der Waals surface area (Å²) in [6.07, 6.45) is 9.84. The van der Waals surface area contributed by atoms with Gasteiger partial charge in [-0.2, -0.15) is 0 Å². The van der Waals surface area contributed by atoms with Crippen molar-refractivity contribution < 1.29 is 19.4 Å². The first-order chi connectivity index (χ1) is 16.0. The average Bonchev–Trinajstić information content (AvgIpc) is 3.35. The van der Waals surface area contributed by atoms with Gasteiger partial charge < -0.3 is 15.2 Å². The third-order valence-electron chi connectivity index (χ3n) is 7.30. The van der Waals surface area contributed by atoms with Crippen LogP contribution in [-0.2, 0) is 10.2 Å². The van der Waals surface area contributed by atoms with E-state index in [0.29, 0.717) is 18.4 Å². The quantitative estimate of drug-likeness (QED) is 0.560. The number of carboxylic acids is 1. The lowest BCUT2D eigenvalue weighted by atomic mass is 9.80. The number of nitrogens with one attached hydrogen (secondary N) is 1. The molecule has 2 aromatic rings. The van der Waals surface area contributed by atoms with Gasteiger partial charge in [-0.15, -0.1) is 0 Å². The highest BCUT2D eigenvalue weighted by Gasteiger charge is 2.44. The Kier molecular flexibility index (Phi) is 7.31. The number of aromatic nitrogens is 1. The van der Waals surface area contributed by atoms with Crippen molar-refractivity contribution in [2.75, 3.05) is 6.61 Å². The van der Waals surface area contributed by atoms with Crippen molar-refractivity contribution >= 4 is 11.9 Å². The predicted octanol–water partition coefficient (Wildman–Crippen LogP) is 5.43. The van der Waals surface area contributed by atoms with Crippen molar-refractivity contribution in [1.82, 2.24) is 10.3 Å². The van der Waals surface area contributed by atoms with Crippen molar-refractivity contribution in [3.63, 3.8) is 0 Å². The molecule has 1 heterocycles. The van der Waals surface area contributed by atoms with Crippen LogP contribution in [0.25, 0.3) is 0 Å². The van der Waals surface area contributed by atoms with Gasteiger partial charge in [0, 0.05) is 6.07 Å². The molecule has 6 nitrogen and oxygen atoms in total. The SMILES string of the molecule is C[C@H](NC(=O)C1(c2cccc(OCC3CCCCC3)n2)CCCC1)c1ccc(C(=O)O)cc1. The zero-order valence-corrected chi connectivity index (χ0v) is 19.4. The standard InChI is InChI=1S/C27H34N2O4/c1-19(21-12-14-22(15-13-21)25(30)31)28-26(32)27(16-5-6-17-27)23-10-7-11-24(29-23)33-18-20-8-3-2-4-9-20/h7,10-15,19-20H,2-6,8-9,16-18H2,1H3,(H,28,32)(H,30,31)/t19-/m0/s1. The highest BCUT2D eigenvalue weighted by molar-refractivity contribution is 5.89. The largest absolute Gasteiger partial charge is 0.478 e. The number of nitrogens with zero attached hydrogens (tertiary/aromatic N) is 1. The molecule has 1 aromatic heterocycles. The first-order valence-corrected chi connectivity index (χ1v) is 12.2. The summed E-state index contributed by atoms with van der Waals surface area (Å²) in [5.41, 5.74) is 1.24. The molecule has 6 heteroatoms. The van der Waals surface area contributed by atoms with Crippen LogP contribution in [0.5, 0.6) is 5.88 Å². The Labute approximate surface area is 195 Å². The van der Waals surface area contributed by atoms with E-state index < -0.39 is 11.4 Å². The molecule has 1 aromatic carbocycles. The second-order valence-corrected chi connectivity index (χ2v) is 9.59. The maximum absolute atomic E-state index is 13.6. The third kappa shape index (κ3) is 5.37. The van der Waals surface area contributed by atoms with Gasteiger partial charge in [0.1, 0.15) is 0 Å². The number of rotatable bonds is 8. The number of hydrogen-bond donors (Lipinski definition) is 2. The van der Waals surface area contributed by atoms with E-state index in [9.17, 15) is 9.59 Å². The van der Waals surface area contributed by atoms with E-state index in [1.54, 1.807) is 24.3 Å². The number of carboxylic acid groups (broad SMARTS) is 1. The van der Waals surface area contributed by atoms with Crippen molar-refractivity contribution in [2.45, 2.75) is 76.2 Å². The number of carbonyl (C=O) groups excluding carboxylic acids is 1. The second-order valence-electron chi connectivity index (χ2n) is 9.59. The molecule has 1 amide bonds. The van der Waals surface area contributed by atoms with E-state index in [4.69, 9.17) is 14.8 Å². The number of benzene rings is 1. The third-order valence-corrected chi connectivity index (χ3v) is 7.30. The van der Waals surface area contributed by atoms with Crippen LogP contribution in [0.15, 0.2) is 42.5 Å². The second kappa shape index (κ2) is 10.4. The normalized spacial score (nSPS) is 19.1. The maximum atomic E-state index is 13.6. The van der Waals surface area contributed by atoms with Crippen molar-refractivity contribution in [1.29, 1.82) is 0 Å². The van der Waals surface area contributed by atoms with Gasteiger partial charge in [0.2, 0.25) is 11.8 Å². The Bertz CT molecular complexity index is 960. The molecule has 1 atom stereocenters. The van der Waals surface area contributed by atoms with Gasteiger partial charge in [-0.3, -0.25) is 4.79 Å². The molecule has 0 saturated heterocycles. The molecule has 176 valence electrons. The number of ether oxygens (including phenoxy) is 1. The molecule has 2 fully saturated rings. The fourth-order valence-corrected chi connectivity index (χ4v) is 5.23. The molecule has 2 aliphatic rings. The summed E-state index contributed by atoms with van der Waals surface area (Å²) >= 11 is 0. The van der Waals surface area contributed by atoms with E-state index >= 15 is 0 Å². The molecule has 2 N–H and O–H groups in total. The summed E-state index contributed by atoms with van der Waals surface area (Å²) < 4.78 is 6.06. The zero-order chi connectivity index (χ0) is 23.3. The maximum Gasteiger partial charge on any atom is 0.335 e. The first-order valence-electron chi connectivity index (χ1n) is 12.2. The lowest BCUT2D eigenvalue weighted by Crippen LogP contribution is -2.44. The van der Waals surface area contributed by atoms with Crippen molar-refractivity contribution in [2.24, 2.45) is 5.92 Å². The highest BCUT2D eigenvalue weighted by Crippen LogP contribution is 2.41. The van der Waals surface area contributed by atoms with Gasteiger partial charge in [-0.1, -0.05) is 50.3 Å². The van der Waals surface area contributed by atoms with E-state index in [1.807, 2.05) is 25.1 Å². The summed E-state index contributed by atoms with van der Waals surface area (Å²) in [6, 6.07) is 12.2. The van der Waals surface area contributed by atoms with E-state index in [-0.39, 0.29) is 17.5 Å². The van der Waals surface area contributed by atoms with Crippen LogP contribution in [0.4, 0.5) is 0 Å². The molecule has 33 heavy (non-hydrogen) atoms. The Morgan fingerprint density at radius 1 is 1.06 bits per heavy atom. The topological polar surface area (TPSA) is 88.5 Å². The van der Waals surface area contributed by atoms with Crippen LogP contribution in [0.1, 0.15) is 92.4 Å². The Morgan fingerprint density at radius 2 is 1.76 bits per heavy atom. The van der Waals surface area contributed by atoms with Gasteiger partial charge in [0.25, 0.3) is 0 Å². The van der Waals surface area contributed by atoms with Crippen LogP contribution in [-0.4, -0.2) is 28.6 Å². The summed E-state index contributed by atoms with van der Waals surface area (Å²) in [5.74, 6) is 0.224. The number of amides is 1. The lowest BCUT2D eigenvalue weighted by molar-refractivity contribution is -0.127. The minimum Gasteiger partial charge on any atom is -0.478 e. The first kappa shape index (κ1) is 23.3. The van der Waals surface area contributed by atoms with Crippen LogP contribution < -0.4 is 10.1 Å². The van der Waals surface area contributed by atoms with Gasteiger partial charge in [-0.25, -0.2) is 9.78 Å². The summed E-state index contributed by atoms with van der Waals surface area (Å²) in [7, 11) is 0. The summed E-state index contributed by atoms with van der Waals surface area (Å²) in [5, 5.41) is 12.3. The lowest BCUT2D eigenvalue weighted by Gasteiger charge is -2.29. The minimum absolute atomic E-state index is 0.0215. The molecule has 2 aliphatic carbocycles. The van der Waals surface area contributed by atoms with E-state index in [2.05, 4.69) is 5.32 Å². The molecule has 0 bridgehead atoms. The fourth-order valence-electron chi connectivity index (χ4n) is 5.23. The molecule has 0 spiro atoms. The highest BCUT2D eigenvalue weighted by atomic mass is 16.5. The minimum atomic E-state index is -0.959. The molecule has 0 aliphatic heterocycles. The van der Waals surface area contributed by atoms with Gasteiger partial charge in [-0.05, 0) is 62.3 Å². The van der Waals surface area contributed by atoms with Crippen molar-refractivity contribution in [3.8, 4) is 5.88 Å². The van der Waals surface area contributed by atoms with Gasteiger partial charge in [0.15, 0.2) is 0 Å². The van der Waals surface area contributed by atoms with Gasteiger partial charge >= 0.3 is 5.97 Å². The number of carbonyl (C=O) groups is 2. The Balaban J connectivity index is 1.47. The fraction of sp³-hybridized carbons (Fsp3) is 0.519. The molecule has 4 rings (SSSR count). The zero-order valence-electron chi connectivity index (χ0n) is 19.4. The summed E-state index contributed by atoms with van der Waals surface area (Å²) in [4.78, 5) is 29.5. The Morgan fingerprint density at radius 3 is 2.42 bits per heavy atom. The monoisotopic (exact) mass is 450 g/mol. The van der Waals surface area contributed by atoms with E-state index in [1.165, 1.54) is 32.1 Å². The Hall–Kier alpha value is -2.89. The van der Waals surface area contributed by atoms with E-state index in [0.717, 1.165) is 36.9 Å². The van der Waals surface area contributed by atoms with Crippen LogP contribution in [0.2, 0.25) is 0 Å². The average molecular weight is 451 g/mol. The molecular weight excluding hydrogens is 416 g/mol. The summed E-state index contributed by atoms with van der Waals surface area (Å²) in [6.45, 7) is 2.62. The molecular formula is C27H34N2O4.